The number of nitrogens with zero attached hydrogens (tertiary/aromatic N) is 4. The molecule has 1 atom stereocenters. The molecule has 0 saturated heterocycles. The van der Waals surface area contributed by atoms with Gasteiger partial charge in [0.2, 0.25) is 0 Å². The molecule has 8 heteroatoms. The smallest absolute Gasteiger partial charge is 0.287 e. The standard InChI is InChI=1S/C11H15ClN6O/c1-6(2)18-11(19)9(12)8(4-15-18)16-7(3)10-13-5-14-17-10/h4-7,16H,1-3H3,(H,13,14,17). The predicted octanol–water partition coefficient (Wildman–Crippen LogP) is 1.77. The number of halogens is 1. The minimum Gasteiger partial charge on any atom is -0.373 e. The van der Waals surface area contributed by atoms with E-state index in [1.54, 1.807) is 0 Å². The van der Waals surface area contributed by atoms with Gasteiger partial charge in [-0.25, -0.2) is 9.67 Å². The molecule has 2 heterocycles. The Balaban J connectivity index is 2.27. The second-order valence-corrected chi connectivity index (χ2v) is 4.83. The van der Waals surface area contributed by atoms with Gasteiger partial charge < -0.3 is 5.32 Å². The van der Waals surface area contributed by atoms with E-state index in [4.69, 9.17) is 11.6 Å². The van der Waals surface area contributed by atoms with Crippen LogP contribution in [0.1, 0.15) is 38.7 Å². The molecule has 0 fully saturated rings. The van der Waals surface area contributed by atoms with Gasteiger partial charge >= 0.3 is 0 Å². The monoisotopic (exact) mass is 282 g/mol. The first-order valence-electron chi connectivity index (χ1n) is 5.89. The van der Waals surface area contributed by atoms with Gasteiger partial charge in [0, 0.05) is 0 Å². The van der Waals surface area contributed by atoms with Crippen LogP contribution in [0.2, 0.25) is 5.02 Å². The van der Waals surface area contributed by atoms with Gasteiger partial charge in [-0.2, -0.15) is 10.2 Å². The molecule has 102 valence electrons. The molecule has 2 N–H and O–H groups in total. The van der Waals surface area contributed by atoms with Gasteiger partial charge in [0.15, 0.2) is 0 Å². The lowest BCUT2D eigenvalue weighted by Crippen LogP contribution is -2.26. The Labute approximate surface area is 115 Å². The van der Waals surface area contributed by atoms with Gasteiger partial charge in [-0.1, -0.05) is 11.6 Å². The van der Waals surface area contributed by atoms with E-state index in [0.29, 0.717) is 11.5 Å². The van der Waals surface area contributed by atoms with Crippen LogP contribution in [0.25, 0.3) is 0 Å². The lowest BCUT2D eigenvalue weighted by atomic mass is 10.3. The summed E-state index contributed by atoms with van der Waals surface area (Å²) in [5.41, 5.74) is 0.166. The zero-order chi connectivity index (χ0) is 14.0. The van der Waals surface area contributed by atoms with Gasteiger partial charge in [0.25, 0.3) is 5.56 Å². The van der Waals surface area contributed by atoms with Crippen LogP contribution >= 0.6 is 11.6 Å². The Morgan fingerprint density at radius 3 is 2.74 bits per heavy atom. The van der Waals surface area contributed by atoms with Crippen molar-refractivity contribution in [2.45, 2.75) is 32.9 Å². The van der Waals surface area contributed by atoms with Gasteiger partial charge in [-0.15, -0.1) is 0 Å². The molecule has 0 bridgehead atoms. The van der Waals surface area contributed by atoms with Crippen molar-refractivity contribution in [2.24, 2.45) is 0 Å². The summed E-state index contributed by atoms with van der Waals surface area (Å²) in [7, 11) is 0. The van der Waals surface area contributed by atoms with Crippen molar-refractivity contribution in [3.05, 3.63) is 33.7 Å². The van der Waals surface area contributed by atoms with E-state index in [9.17, 15) is 4.79 Å². The van der Waals surface area contributed by atoms with Crippen LogP contribution in [0.15, 0.2) is 17.3 Å². The summed E-state index contributed by atoms with van der Waals surface area (Å²) in [6.45, 7) is 5.62. The van der Waals surface area contributed by atoms with Crippen LogP contribution in [0, 0.1) is 0 Å². The van der Waals surface area contributed by atoms with E-state index in [1.165, 1.54) is 17.2 Å². The third-order valence-electron chi connectivity index (χ3n) is 2.65. The van der Waals surface area contributed by atoms with Crippen LogP contribution in [-0.4, -0.2) is 25.0 Å². The number of anilines is 1. The summed E-state index contributed by atoms with van der Waals surface area (Å²) in [6, 6.07) is -0.193. The molecule has 7 nitrogen and oxygen atoms in total. The molecular weight excluding hydrogens is 268 g/mol. The highest BCUT2D eigenvalue weighted by atomic mass is 35.5. The van der Waals surface area contributed by atoms with Crippen molar-refractivity contribution in [3.8, 4) is 0 Å². The molecule has 2 aromatic rings. The fraction of sp³-hybridized carbons (Fsp3) is 0.455. The molecule has 0 aliphatic carbocycles. The number of aromatic amines is 1. The Kier molecular flexibility index (Phi) is 3.84. The van der Waals surface area contributed by atoms with Crippen LogP contribution in [0.3, 0.4) is 0 Å². The van der Waals surface area contributed by atoms with Gasteiger partial charge in [-0.05, 0) is 20.8 Å². The van der Waals surface area contributed by atoms with E-state index in [0.717, 1.165) is 0 Å². The number of H-pyrrole nitrogens is 1. The van der Waals surface area contributed by atoms with Gasteiger partial charge in [-0.3, -0.25) is 9.89 Å². The Morgan fingerprint density at radius 1 is 1.42 bits per heavy atom. The molecule has 2 aromatic heterocycles. The summed E-state index contributed by atoms with van der Waals surface area (Å²) in [5, 5.41) is 13.8. The summed E-state index contributed by atoms with van der Waals surface area (Å²) >= 11 is 6.07. The second-order valence-electron chi connectivity index (χ2n) is 4.45. The first kappa shape index (κ1) is 13.5. The Hall–Kier alpha value is -1.89. The van der Waals surface area contributed by atoms with Crippen molar-refractivity contribution in [2.75, 3.05) is 5.32 Å². The Bertz CT molecular complexity index is 606. The number of hydrogen-bond donors (Lipinski definition) is 2. The molecular formula is C11H15ClN6O. The summed E-state index contributed by atoms with van der Waals surface area (Å²) in [6.07, 6.45) is 2.96. The third kappa shape index (κ3) is 2.76. The number of nitrogens with one attached hydrogen (secondary N) is 2. The molecule has 0 aliphatic heterocycles. The van der Waals surface area contributed by atoms with Crippen molar-refractivity contribution in [3.63, 3.8) is 0 Å². The molecule has 0 aliphatic rings. The topological polar surface area (TPSA) is 88.5 Å². The molecule has 1 unspecified atom stereocenters. The highest BCUT2D eigenvalue weighted by molar-refractivity contribution is 6.32. The predicted molar refractivity (Wildman–Crippen MR) is 72.3 cm³/mol. The number of aromatic nitrogens is 5. The van der Waals surface area contributed by atoms with Crippen LogP contribution in [0.5, 0.6) is 0 Å². The largest absolute Gasteiger partial charge is 0.373 e. The number of hydrogen-bond acceptors (Lipinski definition) is 5. The zero-order valence-electron chi connectivity index (χ0n) is 10.9. The molecule has 0 aromatic carbocycles. The molecule has 0 saturated carbocycles. The minimum absolute atomic E-state index is 0.0363. The maximum atomic E-state index is 12.0. The fourth-order valence-electron chi connectivity index (χ4n) is 1.64. The molecule has 0 amide bonds. The van der Waals surface area contributed by atoms with Crippen molar-refractivity contribution in [1.29, 1.82) is 0 Å². The minimum atomic E-state index is -0.313. The van der Waals surface area contributed by atoms with Gasteiger partial charge in [0.1, 0.15) is 17.2 Å². The highest BCUT2D eigenvalue weighted by Gasteiger charge is 2.14. The SMILES string of the molecule is CC(Nc1cnn(C(C)C)c(=O)c1Cl)c1ncn[nH]1. The molecule has 2 rings (SSSR count). The maximum absolute atomic E-state index is 12.0. The van der Waals surface area contributed by atoms with E-state index in [2.05, 4.69) is 25.6 Å². The fourth-order valence-corrected chi connectivity index (χ4v) is 1.83. The first-order chi connectivity index (χ1) is 9.00. The van der Waals surface area contributed by atoms with E-state index < -0.39 is 0 Å². The second kappa shape index (κ2) is 5.40. The van der Waals surface area contributed by atoms with Crippen molar-refractivity contribution >= 4 is 17.3 Å². The summed E-state index contributed by atoms with van der Waals surface area (Å²) in [4.78, 5) is 16.0. The average molecular weight is 283 g/mol. The third-order valence-corrected chi connectivity index (χ3v) is 3.01. The van der Waals surface area contributed by atoms with Crippen molar-refractivity contribution in [1.82, 2.24) is 25.0 Å². The van der Waals surface area contributed by atoms with Crippen LogP contribution in [-0.2, 0) is 0 Å². The lowest BCUT2D eigenvalue weighted by Gasteiger charge is -2.15. The van der Waals surface area contributed by atoms with E-state index in [-0.39, 0.29) is 22.7 Å². The number of rotatable bonds is 4. The maximum Gasteiger partial charge on any atom is 0.287 e. The lowest BCUT2D eigenvalue weighted by molar-refractivity contribution is 0.503. The normalized spacial score (nSPS) is 12.7. The Morgan fingerprint density at radius 2 is 2.16 bits per heavy atom. The zero-order valence-corrected chi connectivity index (χ0v) is 11.6. The van der Waals surface area contributed by atoms with Crippen molar-refractivity contribution < 1.29 is 0 Å². The molecule has 19 heavy (non-hydrogen) atoms. The molecule has 0 spiro atoms. The van der Waals surface area contributed by atoms with Crippen LogP contribution < -0.4 is 10.9 Å². The van der Waals surface area contributed by atoms with E-state index in [1.807, 2.05) is 20.8 Å². The summed E-state index contributed by atoms with van der Waals surface area (Å²) < 4.78 is 1.34. The quantitative estimate of drug-likeness (QED) is 0.892. The van der Waals surface area contributed by atoms with Crippen LogP contribution in [0.4, 0.5) is 5.69 Å². The first-order valence-corrected chi connectivity index (χ1v) is 6.27. The van der Waals surface area contributed by atoms with Gasteiger partial charge in [0.05, 0.1) is 24.0 Å². The highest BCUT2D eigenvalue weighted by Crippen LogP contribution is 2.21. The van der Waals surface area contributed by atoms with E-state index >= 15 is 0 Å². The molecule has 0 radical (unpaired) electrons. The average Bonchev–Trinajstić information content (AvgIpc) is 2.88. The summed E-state index contributed by atoms with van der Waals surface area (Å²) in [5.74, 6) is 0.657.